The summed E-state index contributed by atoms with van der Waals surface area (Å²) in [5, 5.41) is 3.01. The summed E-state index contributed by atoms with van der Waals surface area (Å²) < 4.78 is 27.8. The molecule has 0 aromatic heterocycles. The van der Waals surface area contributed by atoms with Crippen molar-refractivity contribution in [1.29, 1.82) is 0 Å². The molecule has 1 aliphatic rings. The van der Waals surface area contributed by atoms with Gasteiger partial charge in [0.2, 0.25) is 10.0 Å². The van der Waals surface area contributed by atoms with Crippen LogP contribution in [0.2, 0.25) is 0 Å². The molecule has 2 rings (SSSR count). The number of nitrogens with zero attached hydrogens (tertiary/aromatic N) is 1. The Labute approximate surface area is 170 Å². The van der Waals surface area contributed by atoms with Gasteiger partial charge in [-0.05, 0) is 85.2 Å². The molecule has 1 amide bonds. The van der Waals surface area contributed by atoms with E-state index in [1.807, 2.05) is 6.92 Å². The molecule has 0 atom stereocenters. The highest BCUT2D eigenvalue weighted by Crippen LogP contribution is 2.21. The van der Waals surface area contributed by atoms with Gasteiger partial charge in [0, 0.05) is 23.2 Å². The second-order valence-corrected chi connectivity index (χ2v) is 11.1. The fourth-order valence-electron chi connectivity index (χ4n) is 3.48. The minimum atomic E-state index is -3.69. The third-order valence-corrected chi connectivity index (χ3v) is 6.85. The quantitative estimate of drug-likeness (QED) is 0.757. The van der Waals surface area contributed by atoms with Crippen LogP contribution in [-0.4, -0.2) is 49.9 Å². The number of aryl methyl sites for hydroxylation is 1. The highest BCUT2D eigenvalue weighted by Gasteiger charge is 2.29. The molecule has 1 aliphatic heterocycles. The van der Waals surface area contributed by atoms with Gasteiger partial charge in [-0.15, -0.1) is 0 Å². The summed E-state index contributed by atoms with van der Waals surface area (Å²) in [6, 6.07) is 4.69. The molecule has 0 aliphatic carbocycles. The Morgan fingerprint density at radius 1 is 1.07 bits per heavy atom. The van der Waals surface area contributed by atoms with Crippen molar-refractivity contribution in [3.8, 4) is 0 Å². The smallest absolute Gasteiger partial charge is 0.251 e. The number of benzene rings is 1. The van der Waals surface area contributed by atoms with Gasteiger partial charge in [-0.1, -0.05) is 12.5 Å². The first-order valence-electron chi connectivity index (χ1n) is 10.00. The largest absolute Gasteiger partial charge is 0.350 e. The van der Waals surface area contributed by atoms with Crippen molar-refractivity contribution in [2.24, 2.45) is 0 Å². The number of hydrogen-bond donors (Lipinski definition) is 2. The van der Waals surface area contributed by atoms with E-state index in [1.165, 1.54) is 31.4 Å². The van der Waals surface area contributed by atoms with Gasteiger partial charge in [-0.3, -0.25) is 9.69 Å². The van der Waals surface area contributed by atoms with Crippen LogP contribution in [0.25, 0.3) is 0 Å². The van der Waals surface area contributed by atoms with Gasteiger partial charge >= 0.3 is 0 Å². The number of carbonyl (C=O) groups is 1. The second-order valence-electron chi connectivity index (χ2n) is 9.38. The standard InChI is InChI=1S/C21H35N3O3S/c1-16-10-11-17(28(26,27)23-20(2,3)4)14-18(16)19(25)22-15-21(5,6)24-12-8-7-9-13-24/h10-11,14,23H,7-9,12-13,15H2,1-6H3,(H,22,25). The zero-order chi connectivity index (χ0) is 21.2. The van der Waals surface area contributed by atoms with E-state index in [2.05, 4.69) is 28.8 Å². The summed E-state index contributed by atoms with van der Waals surface area (Å²) >= 11 is 0. The van der Waals surface area contributed by atoms with Crippen LogP contribution in [-0.2, 0) is 10.0 Å². The summed E-state index contributed by atoms with van der Waals surface area (Å²) in [6.07, 6.45) is 3.65. The molecule has 1 aromatic carbocycles. The second kappa shape index (κ2) is 8.51. The van der Waals surface area contributed by atoms with Crippen molar-refractivity contribution >= 4 is 15.9 Å². The molecule has 2 N–H and O–H groups in total. The predicted octanol–water partition coefficient (Wildman–Crippen LogP) is 3.07. The maximum Gasteiger partial charge on any atom is 0.251 e. The number of carbonyl (C=O) groups excluding carboxylic acids is 1. The third kappa shape index (κ3) is 6.03. The van der Waals surface area contributed by atoms with Gasteiger partial charge in [0.15, 0.2) is 0 Å². The van der Waals surface area contributed by atoms with Crippen LogP contribution < -0.4 is 10.0 Å². The molecule has 28 heavy (non-hydrogen) atoms. The number of nitrogens with one attached hydrogen (secondary N) is 2. The van der Waals surface area contributed by atoms with Crippen molar-refractivity contribution < 1.29 is 13.2 Å². The molecule has 158 valence electrons. The summed E-state index contributed by atoms with van der Waals surface area (Å²) in [7, 11) is -3.69. The predicted molar refractivity (Wildman–Crippen MR) is 113 cm³/mol. The molecule has 0 unspecified atom stereocenters. The van der Waals surface area contributed by atoms with E-state index in [-0.39, 0.29) is 16.3 Å². The number of likely N-dealkylation sites (tertiary alicyclic amines) is 1. The Morgan fingerprint density at radius 2 is 1.68 bits per heavy atom. The topological polar surface area (TPSA) is 78.5 Å². The average Bonchev–Trinajstić information content (AvgIpc) is 2.58. The van der Waals surface area contributed by atoms with Gasteiger partial charge in [0.25, 0.3) is 5.91 Å². The number of sulfonamides is 1. The van der Waals surface area contributed by atoms with Crippen molar-refractivity contribution in [2.75, 3.05) is 19.6 Å². The summed E-state index contributed by atoms with van der Waals surface area (Å²) in [5.41, 5.74) is 0.417. The van der Waals surface area contributed by atoms with E-state index in [0.29, 0.717) is 12.1 Å². The Morgan fingerprint density at radius 3 is 2.25 bits per heavy atom. The first-order chi connectivity index (χ1) is 12.8. The van der Waals surface area contributed by atoms with Crippen molar-refractivity contribution in [1.82, 2.24) is 14.9 Å². The summed E-state index contributed by atoms with van der Waals surface area (Å²) in [5.74, 6) is -0.240. The molecule has 0 bridgehead atoms. The average molecular weight is 410 g/mol. The highest BCUT2D eigenvalue weighted by molar-refractivity contribution is 7.89. The van der Waals surface area contributed by atoms with Gasteiger partial charge in [0.1, 0.15) is 0 Å². The maximum absolute atomic E-state index is 12.8. The molecule has 7 heteroatoms. The van der Waals surface area contributed by atoms with E-state index >= 15 is 0 Å². The Kier molecular flexibility index (Phi) is 6.94. The Bertz CT molecular complexity index is 805. The minimum Gasteiger partial charge on any atom is -0.350 e. The van der Waals surface area contributed by atoms with E-state index in [9.17, 15) is 13.2 Å². The molecule has 1 heterocycles. The maximum atomic E-state index is 12.8. The van der Waals surface area contributed by atoms with Gasteiger partial charge in [-0.2, -0.15) is 0 Å². The molecule has 0 saturated carbocycles. The van der Waals surface area contributed by atoms with Crippen molar-refractivity contribution in [3.05, 3.63) is 29.3 Å². The summed E-state index contributed by atoms with van der Waals surface area (Å²) in [6.45, 7) is 14.1. The number of piperidine rings is 1. The molecule has 1 fully saturated rings. The summed E-state index contributed by atoms with van der Waals surface area (Å²) in [4.78, 5) is 15.3. The van der Waals surface area contributed by atoms with Gasteiger partial charge in [0.05, 0.1) is 4.90 Å². The lowest BCUT2D eigenvalue weighted by molar-refractivity contribution is 0.0797. The molecule has 6 nitrogen and oxygen atoms in total. The van der Waals surface area contributed by atoms with Crippen LogP contribution >= 0.6 is 0 Å². The van der Waals surface area contributed by atoms with Crippen molar-refractivity contribution in [2.45, 2.75) is 76.8 Å². The normalized spacial score (nSPS) is 16.8. The van der Waals surface area contributed by atoms with Gasteiger partial charge < -0.3 is 5.32 Å². The van der Waals surface area contributed by atoms with E-state index in [1.54, 1.807) is 26.8 Å². The minimum absolute atomic E-state index is 0.105. The van der Waals surface area contributed by atoms with Crippen LogP contribution in [0.4, 0.5) is 0 Å². The molecule has 1 saturated heterocycles. The van der Waals surface area contributed by atoms with E-state index in [4.69, 9.17) is 0 Å². The van der Waals surface area contributed by atoms with Crippen LogP contribution in [0.5, 0.6) is 0 Å². The van der Waals surface area contributed by atoms with Crippen LogP contribution in [0.1, 0.15) is 69.8 Å². The lowest BCUT2D eigenvalue weighted by Crippen LogP contribution is -2.53. The molecular weight excluding hydrogens is 374 g/mol. The Hall–Kier alpha value is -1.44. The third-order valence-electron chi connectivity index (χ3n) is 5.10. The number of hydrogen-bond acceptors (Lipinski definition) is 4. The Balaban J connectivity index is 2.15. The zero-order valence-electron chi connectivity index (χ0n) is 18.1. The fourth-order valence-corrected chi connectivity index (χ4v) is 4.92. The van der Waals surface area contributed by atoms with E-state index < -0.39 is 15.6 Å². The molecular formula is C21H35N3O3S. The SMILES string of the molecule is Cc1ccc(S(=O)(=O)NC(C)(C)C)cc1C(=O)NCC(C)(C)N1CCCCC1. The lowest BCUT2D eigenvalue weighted by Gasteiger charge is -2.41. The number of amides is 1. The monoisotopic (exact) mass is 409 g/mol. The zero-order valence-corrected chi connectivity index (χ0v) is 18.9. The van der Waals surface area contributed by atoms with Crippen LogP contribution in [0.15, 0.2) is 23.1 Å². The molecule has 1 aromatic rings. The van der Waals surface area contributed by atoms with Gasteiger partial charge in [-0.25, -0.2) is 13.1 Å². The fraction of sp³-hybridized carbons (Fsp3) is 0.667. The van der Waals surface area contributed by atoms with Crippen molar-refractivity contribution in [3.63, 3.8) is 0 Å². The number of rotatable bonds is 6. The first kappa shape index (κ1) is 22.8. The highest BCUT2D eigenvalue weighted by atomic mass is 32.2. The van der Waals surface area contributed by atoms with Crippen LogP contribution in [0.3, 0.4) is 0 Å². The lowest BCUT2D eigenvalue weighted by atomic mass is 9.98. The first-order valence-corrected chi connectivity index (χ1v) is 11.5. The van der Waals surface area contributed by atoms with Crippen LogP contribution in [0, 0.1) is 6.92 Å². The molecule has 0 spiro atoms. The van der Waals surface area contributed by atoms with E-state index in [0.717, 1.165) is 18.7 Å². The molecule has 0 radical (unpaired) electrons.